The molecule has 4 aromatic heterocycles. The Hall–Kier alpha value is -2.97. The van der Waals surface area contributed by atoms with Gasteiger partial charge in [-0.05, 0) is 30.1 Å². The number of halogens is 1. The summed E-state index contributed by atoms with van der Waals surface area (Å²) in [7, 11) is -2.67. The smallest absolute Gasteiger partial charge is 0.386 e. The van der Waals surface area contributed by atoms with Crippen molar-refractivity contribution in [3.05, 3.63) is 61.2 Å². The van der Waals surface area contributed by atoms with Crippen LogP contribution in [0.4, 0.5) is 10.2 Å². The highest BCUT2D eigenvalue weighted by Gasteiger charge is 2.57. The largest absolute Gasteiger partial charge is 0.471 e. The Morgan fingerprint density at radius 1 is 0.877 bits per heavy atom. The van der Waals surface area contributed by atoms with Crippen LogP contribution in [-0.4, -0.2) is 84.5 Å². The zero-order valence-corrected chi connectivity index (χ0v) is 36.3. The molecule has 17 nitrogen and oxygen atoms in total. The Balaban J connectivity index is 1.15. The average molecular weight is 880 g/mol. The Kier molecular flexibility index (Phi) is 10.9. The van der Waals surface area contributed by atoms with Crippen molar-refractivity contribution >= 4 is 74.6 Å². The molecule has 0 amide bonds. The Bertz CT molecular complexity index is 2380. The van der Waals surface area contributed by atoms with Gasteiger partial charge >= 0.3 is 13.6 Å². The van der Waals surface area contributed by atoms with Gasteiger partial charge in [-0.25, -0.2) is 38.4 Å². The standard InChI is InChI=1S/C34H44FN9O8P2S2Si/c1-34(2,3)57(4,5)52-29-23-12-22(44-18-42-26-32(44)39-16-40-33(26)47-13-19-9-7-6-8-10-19)28(29)51-53(45,55)48-14-20-11-21(24(35)27(20)50-54(46,56)49-23)43-17-41-25-30(36)37-15-38-31(25)43/h6-10,15-18,20-24,27-29H,11-14H2,1-5H3,(H,45,55)(H,46,56)(H2,36,37,38)/t20-,21-,22-,23+,24+,27-,28+,29?,53?,54?/m1/s1. The number of anilines is 1. The summed E-state index contributed by atoms with van der Waals surface area (Å²) >= 11 is 8.86. The molecular formula is C34H44FN9O8P2S2Si. The second-order valence-corrected chi connectivity index (χ2v) is 26.5. The highest BCUT2D eigenvalue weighted by atomic mass is 32.7. The van der Waals surface area contributed by atoms with Crippen LogP contribution in [0.15, 0.2) is 55.6 Å². The molecule has 5 heterocycles. The van der Waals surface area contributed by atoms with E-state index in [0.29, 0.717) is 22.3 Å². The number of fused-ring (bicyclic) bond motifs is 5. The summed E-state index contributed by atoms with van der Waals surface area (Å²) in [5, 5.41) is -0.297. The normalized spacial score (nSPS) is 32.6. The number of aromatic nitrogens is 8. The lowest BCUT2D eigenvalue weighted by molar-refractivity contribution is -0.0196. The van der Waals surface area contributed by atoms with Crippen molar-refractivity contribution in [1.82, 2.24) is 39.0 Å². The van der Waals surface area contributed by atoms with E-state index >= 15 is 4.39 Å². The van der Waals surface area contributed by atoms with Crippen LogP contribution in [0.1, 0.15) is 51.3 Å². The summed E-state index contributed by atoms with van der Waals surface area (Å²) in [6, 6.07) is 7.98. The van der Waals surface area contributed by atoms with Crippen molar-refractivity contribution in [2.45, 2.75) is 101 Å². The molecule has 1 saturated heterocycles. The van der Waals surface area contributed by atoms with E-state index < -0.39 is 70.5 Å². The van der Waals surface area contributed by atoms with Gasteiger partial charge in [0.2, 0.25) is 5.88 Å². The van der Waals surface area contributed by atoms with Crippen molar-refractivity contribution in [3.8, 4) is 5.88 Å². The number of benzene rings is 1. The minimum absolute atomic E-state index is 0.0826. The molecule has 2 saturated carbocycles. The number of thiol groups is 2. The zero-order chi connectivity index (χ0) is 40.5. The van der Waals surface area contributed by atoms with Gasteiger partial charge in [0.25, 0.3) is 0 Å². The molecule has 3 aliphatic rings. The van der Waals surface area contributed by atoms with Crippen LogP contribution in [0.5, 0.6) is 5.88 Å². The number of ether oxygens (including phenoxy) is 1. The van der Waals surface area contributed by atoms with Crippen molar-refractivity contribution in [3.63, 3.8) is 0 Å². The van der Waals surface area contributed by atoms with Gasteiger partial charge in [-0.1, -0.05) is 75.6 Å². The molecule has 23 heteroatoms. The minimum atomic E-state index is -4.37. The first-order valence-electron chi connectivity index (χ1n) is 18.4. The molecule has 5 aromatic rings. The van der Waals surface area contributed by atoms with Gasteiger partial charge in [0.15, 0.2) is 30.9 Å². The average Bonchev–Trinajstić information content (AvgIpc) is 3.91. The Labute approximate surface area is 339 Å². The maximum atomic E-state index is 16.7. The number of nitrogens with two attached hydrogens (primary N) is 1. The molecule has 2 N–H and O–H groups in total. The fraction of sp³-hybridized carbons (Fsp3) is 0.529. The molecule has 0 radical (unpaired) electrons. The summed E-state index contributed by atoms with van der Waals surface area (Å²) < 4.78 is 86.5. The van der Waals surface area contributed by atoms with Crippen molar-refractivity contribution in [2.24, 2.45) is 5.92 Å². The van der Waals surface area contributed by atoms with E-state index in [-0.39, 0.29) is 42.8 Å². The highest BCUT2D eigenvalue weighted by Crippen LogP contribution is 2.64. The molecule has 10 atom stereocenters. The van der Waals surface area contributed by atoms with Crippen LogP contribution in [0.25, 0.3) is 22.3 Å². The fourth-order valence-electron chi connectivity index (χ4n) is 7.47. The number of imidazole rings is 2. The number of hydrogen-bond donors (Lipinski definition) is 3. The molecule has 2 bridgehead atoms. The lowest BCUT2D eigenvalue weighted by Gasteiger charge is -2.41. The predicted molar refractivity (Wildman–Crippen MR) is 217 cm³/mol. The molecule has 8 rings (SSSR count). The maximum Gasteiger partial charge on any atom is 0.386 e. The monoisotopic (exact) mass is 879 g/mol. The number of rotatable bonds is 7. The maximum absolute atomic E-state index is 16.7. The van der Waals surface area contributed by atoms with Crippen LogP contribution < -0.4 is 10.5 Å². The summed E-state index contributed by atoms with van der Waals surface area (Å²) in [4.78, 5) is 26.0. The van der Waals surface area contributed by atoms with Gasteiger partial charge < -0.3 is 28.6 Å². The van der Waals surface area contributed by atoms with Crippen LogP contribution in [0.2, 0.25) is 18.1 Å². The third-order valence-corrected chi connectivity index (χ3v) is 19.0. The van der Waals surface area contributed by atoms with E-state index in [0.717, 1.165) is 5.56 Å². The van der Waals surface area contributed by atoms with E-state index in [1.54, 1.807) is 10.9 Å². The van der Waals surface area contributed by atoms with Gasteiger partial charge in [-0.15, -0.1) is 0 Å². The van der Waals surface area contributed by atoms with Gasteiger partial charge in [-0.3, -0.25) is 13.6 Å². The van der Waals surface area contributed by atoms with Crippen LogP contribution >= 0.6 is 38.1 Å². The van der Waals surface area contributed by atoms with Crippen molar-refractivity contribution in [1.29, 1.82) is 0 Å². The number of nitrogens with zero attached hydrogens (tertiary/aromatic N) is 8. The first-order valence-corrected chi connectivity index (χ1v) is 26.7. The van der Waals surface area contributed by atoms with Gasteiger partial charge in [0.05, 0.1) is 37.4 Å². The molecular weight excluding hydrogens is 836 g/mol. The van der Waals surface area contributed by atoms with Gasteiger partial charge in [0, 0.05) is 12.3 Å². The molecule has 306 valence electrons. The van der Waals surface area contributed by atoms with E-state index in [1.165, 1.54) is 23.5 Å². The predicted octanol–water partition coefficient (Wildman–Crippen LogP) is 7.32. The molecule has 3 fully saturated rings. The molecule has 57 heavy (non-hydrogen) atoms. The van der Waals surface area contributed by atoms with E-state index in [1.807, 2.05) is 43.4 Å². The Morgan fingerprint density at radius 2 is 1.53 bits per heavy atom. The summed E-state index contributed by atoms with van der Waals surface area (Å²) in [5.74, 6) is -0.409. The van der Waals surface area contributed by atoms with Crippen LogP contribution in [-0.2, 0) is 38.3 Å². The first kappa shape index (κ1) is 40.8. The molecule has 1 aliphatic heterocycles. The first-order chi connectivity index (χ1) is 26.9. The second-order valence-electron chi connectivity index (χ2n) is 16.0. The van der Waals surface area contributed by atoms with Crippen molar-refractivity contribution in [2.75, 3.05) is 12.3 Å². The Morgan fingerprint density at radius 3 is 2.25 bits per heavy atom. The quantitative estimate of drug-likeness (QED) is 0.0833. The number of nitrogen functional groups attached to an aromatic ring is 1. The van der Waals surface area contributed by atoms with E-state index in [2.05, 4.69) is 75.2 Å². The minimum Gasteiger partial charge on any atom is -0.471 e. The number of hydrogen-bond acceptors (Lipinski definition) is 15. The second kappa shape index (κ2) is 15.2. The SMILES string of the molecule is CC(C)(C)[Si](C)(C)OC1[C@@H]2C[C@@H](n3cnc4c(OCc5ccccc5)ncnc43)[C@@H]1OP(=O)(S)OC[C@H]1C[C@@H](n3cnc4c(N)ncnc43)[C@H](F)[C@@H]1OP(=O)(S)O2. The van der Waals surface area contributed by atoms with E-state index in [4.69, 9.17) is 33.0 Å². The summed E-state index contributed by atoms with van der Waals surface area (Å²) in [6.45, 7) is 1.55. The molecule has 3 unspecified atom stereocenters. The molecule has 0 spiro atoms. The lowest BCUT2D eigenvalue weighted by atomic mass is 10.1. The lowest BCUT2D eigenvalue weighted by Crippen LogP contribution is -2.49. The third-order valence-electron chi connectivity index (χ3n) is 11.3. The van der Waals surface area contributed by atoms with E-state index in [9.17, 15) is 9.13 Å². The fourth-order valence-corrected chi connectivity index (χ4v) is 12.2. The summed E-state index contributed by atoms with van der Waals surface area (Å²) in [6.07, 6.45) is -0.479. The summed E-state index contributed by atoms with van der Waals surface area (Å²) in [5.41, 5.74) is 8.31. The molecule has 2 aliphatic carbocycles. The van der Waals surface area contributed by atoms with Crippen LogP contribution in [0.3, 0.4) is 0 Å². The number of alkyl halides is 1. The molecule has 1 aromatic carbocycles. The van der Waals surface area contributed by atoms with Crippen molar-refractivity contribution < 1.29 is 40.8 Å². The highest BCUT2D eigenvalue weighted by molar-refractivity contribution is 8.44. The third kappa shape index (κ3) is 8.04. The topological polar surface area (TPSA) is 203 Å². The zero-order valence-electron chi connectivity index (χ0n) is 31.7. The van der Waals surface area contributed by atoms with Crippen LogP contribution in [0, 0.1) is 5.92 Å². The van der Waals surface area contributed by atoms with Gasteiger partial charge in [0.1, 0.15) is 49.3 Å². The van der Waals surface area contributed by atoms with Gasteiger partial charge in [-0.2, -0.15) is 4.98 Å².